The number of rotatable bonds is 4. The summed E-state index contributed by atoms with van der Waals surface area (Å²) in [6, 6.07) is 8.00. The van der Waals surface area contributed by atoms with Gasteiger partial charge < -0.3 is 9.52 Å². The fourth-order valence-corrected chi connectivity index (χ4v) is 3.88. The standard InChI is InChI=1S/C20H23N3O3/c1-14-4-5-17-16(12-14)15(2)18(26-17)13-22-10-6-20(7-11-22,19(24)25)23-9-3-8-21-23/h3-5,8-9,12H,6-7,10-11,13H2,1-2H3,(H,24,25). The first-order chi connectivity index (χ1) is 12.5. The van der Waals surface area contributed by atoms with Crippen molar-refractivity contribution < 1.29 is 14.3 Å². The number of likely N-dealkylation sites (tertiary alicyclic amines) is 1. The molecule has 1 N–H and O–H groups in total. The highest BCUT2D eigenvalue weighted by atomic mass is 16.4. The van der Waals surface area contributed by atoms with Crippen LogP contribution in [0.4, 0.5) is 0 Å². The minimum absolute atomic E-state index is 0.530. The van der Waals surface area contributed by atoms with Crippen LogP contribution in [-0.2, 0) is 16.9 Å². The van der Waals surface area contributed by atoms with E-state index < -0.39 is 11.5 Å². The van der Waals surface area contributed by atoms with Gasteiger partial charge in [0.1, 0.15) is 11.3 Å². The molecule has 3 aromatic rings. The number of aliphatic carboxylic acids is 1. The monoisotopic (exact) mass is 353 g/mol. The highest BCUT2D eigenvalue weighted by molar-refractivity contribution is 5.82. The summed E-state index contributed by atoms with van der Waals surface area (Å²) in [5.74, 6) is 0.156. The Balaban J connectivity index is 1.52. The molecule has 0 spiro atoms. The molecule has 1 fully saturated rings. The molecule has 26 heavy (non-hydrogen) atoms. The summed E-state index contributed by atoms with van der Waals surface area (Å²) < 4.78 is 7.65. The van der Waals surface area contributed by atoms with E-state index in [9.17, 15) is 9.90 Å². The summed E-state index contributed by atoms with van der Waals surface area (Å²) in [7, 11) is 0. The second-order valence-corrected chi connectivity index (χ2v) is 7.21. The van der Waals surface area contributed by atoms with Gasteiger partial charge in [-0.3, -0.25) is 9.58 Å². The Morgan fingerprint density at radius 2 is 2.08 bits per heavy atom. The van der Waals surface area contributed by atoms with E-state index >= 15 is 0 Å². The fraction of sp³-hybridized carbons (Fsp3) is 0.400. The number of hydrogen-bond donors (Lipinski definition) is 1. The largest absolute Gasteiger partial charge is 0.479 e. The van der Waals surface area contributed by atoms with Crippen LogP contribution in [0.5, 0.6) is 0 Å². The van der Waals surface area contributed by atoms with E-state index in [1.807, 2.05) is 6.07 Å². The molecule has 6 heteroatoms. The van der Waals surface area contributed by atoms with Crippen LogP contribution in [-0.4, -0.2) is 38.8 Å². The molecule has 4 rings (SSSR count). The van der Waals surface area contributed by atoms with Gasteiger partial charge in [-0.2, -0.15) is 5.10 Å². The van der Waals surface area contributed by atoms with Crippen molar-refractivity contribution in [3.8, 4) is 0 Å². The molecule has 0 atom stereocenters. The Morgan fingerprint density at radius 1 is 1.31 bits per heavy atom. The number of aromatic nitrogens is 2. The second-order valence-electron chi connectivity index (χ2n) is 7.21. The number of piperidine rings is 1. The normalized spacial score (nSPS) is 17.6. The zero-order valence-electron chi connectivity index (χ0n) is 15.1. The Hall–Kier alpha value is -2.60. The van der Waals surface area contributed by atoms with Crippen molar-refractivity contribution in [2.75, 3.05) is 13.1 Å². The Kier molecular flexibility index (Phi) is 4.07. The van der Waals surface area contributed by atoms with Gasteiger partial charge in [-0.25, -0.2) is 4.79 Å². The fourth-order valence-electron chi connectivity index (χ4n) is 3.88. The Labute approximate surface area is 152 Å². The molecule has 0 radical (unpaired) electrons. The quantitative estimate of drug-likeness (QED) is 0.779. The number of carboxylic acids is 1. The maximum atomic E-state index is 11.9. The minimum atomic E-state index is -0.944. The minimum Gasteiger partial charge on any atom is -0.479 e. The summed E-state index contributed by atoms with van der Waals surface area (Å²) in [6.45, 7) is 6.27. The van der Waals surface area contributed by atoms with Gasteiger partial charge in [0, 0.05) is 30.9 Å². The molecule has 1 saturated heterocycles. The van der Waals surface area contributed by atoms with Crippen LogP contribution in [0.25, 0.3) is 11.0 Å². The van der Waals surface area contributed by atoms with E-state index in [0.29, 0.717) is 32.5 Å². The second kappa shape index (κ2) is 6.29. The molecule has 2 aromatic heterocycles. The van der Waals surface area contributed by atoms with Gasteiger partial charge in [0.05, 0.1) is 6.54 Å². The molecular weight excluding hydrogens is 330 g/mol. The molecule has 3 heterocycles. The molecule has 1 aliphatic rings. The van der Waals surface area contributed by atoms with E-state index in [4.69, 9.17) is 4.42 Å². The number of hydrogen-bond acceptors (Lipinski definition) is 4. The Morgan fingerprint density at radius 3 is 2.73 bits per heavy atom. The van der Waals surface area contributed by atoms with Gasteiger partial charge >= 0.3 is 5.97 Å². The van der Waals surface area contributed by atoms with E-state index in [1.54, 1.807) is 23.1 Å². The van der Waals surface area contributed by atoms with Crippen molar-refractivity contribution in [1.82, 2.24) is 14.7 Å². The van der Waals surface area contributed by atoms with Crippen LogP contribution in [0, 0.1) is 13.8 Å². The first-order valence-electron chi connectivity index (χ1n) is 8.94. The Bertz CT molecular complexity index is 935. The molecule has 0 amide bonds. The van der Waals surface area contributed by atoms with Crippen molar-refractivity contribution in [2.24, 2.45) is 0 Å². The first kappa shape index (κ1) is 16.8. The summed E-state index contributed by atoms with van der Waals surface area (Å²) in [5.41, 5.74) is 2.36. The summed E-state index contributed by atoms with van der Waals surface area (Å²) in [5, 5.41) is 15.2. The molecule has 0 bridgehead atoms. The molecule has 0 aliphatic carbocycles. The van der Waals surface area contributed by atoms with E-state index in [1.165, 1.54) is 11.1 Å². The van der Waals surface area contributed by atoms with Crippen LogP contribution in [0.15, 0.2) is 41.1 Å². The summed E-state index contributed by atoms with van der Waals surface area (Å²) in [4.78, 5) is 14.2. The van der Waals surface area contributed by atoms with Crippen LogP contribution >= 0.6 is 0 Å². The number of aryl methyl sites for hydroxylation is 2. The SMILES string of the molecule is Cc1ccc2oc(CN3CCC(C(=O)O)(n4cccn4)CC3)c(C)c2c1. The number of furan rings is 1. The lowest BCUT2D eigenvalue weighted by Gasteiger charge is -2.38. The van der Waals surface area contributed by atoms with Crippen LogP contribution in [0.3, 0.4) is 0 Å². The molecular formula is C20H23N3O3. The van der Waals surface area contributed by atoms with Gasteiger partial charge in [-0.15, -0.1) is 0 Å². The van der Waals surface area contributed by atoms with Crippen molar-refractivity contribution in [2.45, 2.75) is 38.8 Å². The third-order valence-corrected chi connectivity index (χ3v) is 5.58. The topological polar surface area (TPSA) is 71.5 Å². The van der Waals surface area contributed by atoms with Gasteiger partial charge in [0.2, 0.25) is 0 Å². The van der Waals surface area contributed by atoms with Crippen LogP contribution in [0.1, 0.15) is 29.7 Å². The lowest BCUT2D eigenvalue weighted by Crippen LogP contribution is -2.51. The van der Waals surface area contributed by atoms with Crippen molar-refractivity contribution >= 4 is 16.9 Å². The predicted molar refractivity (Wildman–Crippen MR) is 98.0 cm³/mol. The lowest BCUT2D eigenvalue weighted by atomic mass is 9.87. The average Bonchev–Trinajstić information content (AvgIpc) is 3.26. The maximum Gasteiger partial charge on any atom is 0.331 e. The number of benzene rings is 1. The van der Waals surface area contributed by atoms with Gasteiger partial charge in [-0.05, 0) is 50.5 Å². The highest BCUT2D eigenvalue weighted by Gasteiger charge is 2.44. The van der Waals surface area contributed by atoms with Gasteiger partial charge in [-0.1, -0.05) is 11.6 Å². The summed E-state index contributed by atoms with van der Waals surface area (Å²) in [6.07, 6.45) is 4.44. The zero-order chi connectivity index (χ0) is 18.3. The van der Waals surface area contributed by atoms with Gasteiger partial charge in [0.25, 0.3) is 0 Å². The lowest BCUT2D eigenvalue weighted by molar-refractivity contribution is -0.151. The van der Waals surface area contributed by atoms with Crippen LogP contribution in [0.2, 0.25) is 0 Å². The zero-order valence-corrected chi connectivity index (χ0v) is 15.1. The van der Waals surface area contributed by atoms with E-state index in [2.05, 4.69) is 36.0 Å². The van der Waals surface area contributed by atoms with Crippen LogP contribution < -0.4 is 0 Å². The van der Waals surface area contributed by atoms with Crippen molar-refractivity contribution in [3.63, 3.8) is 0 Å². The van der Waals surface area contributed by atoms with Crippen molar-refractivity contribution in [1.29, 1.82) is 0 Å². The number of carbonyl (C=O) groups is 1. The molecule has 1 aliphatic heterocycles. The summed E-state index contributed by atoms with van der Waals surface area (Å²) >= 11 is 0. The molecule has 0 unspecified atom stereocenters. The van der Waals surface area contributed by atoms with Crippen molar-refractivity contribution in [3.05, 3.63) is 53.5 Å². The molecule has 136 valence electrons. The molecule has 0 saturated carbocycles. The predicted octanol–water partition coefficient (Wildman–Crippen LogP) is 3.32. The number of carboxylic acid groups (broad SMARTS) is 1. The van der Waals surface area contributed by atoms with E-state index in [0.717, 1.165) is 16.7 Å². The first-order valence-corrected chi connectivity index (χ1v) is 8.94. The average molecular weight is 353 g/mol. The maximum absolute atomic E-state index is 11.9. The number of nitrogens with zero attached hydrogens (tertiary/aromatic N) is 3. The molecule has 1 aromatic carbocycles. The highest BCUT2D eigenvalue weighted by Crippen LogP contribution is 2.32. The third-order valence-electron chi connectivity index (χ3n) is 5.58. The smallest absolute Gasteiger partial charge is 0.331 e. The van der Waals surface area contributed by atoms with Gasteiger partial charge in [0.15, 0.2) is 5.54 Å². The molecule has 6 nitrogen and oxygen atoms in total. The third kappa shape index (κ3) is 2.70. The number of fused-ring (bicyclic) bond motifs is 1. The van der Waals surface area contributed by atoms with E-state index in [-0.39, 0.29) is 0 Å².